The van der Waals surface area contributed by atoms with Crippen LogP contribution >= 0.6 is 0 Å². The second kappa shape index (κ2) is 5.20. The Morgan fingerprint density at radius 1 is 1.35 bits per heavy atom. The maximum Gasteiger partial charge on any atom is 0.264 e. The quantitative estimate of drug-likeness (QED) is 0.934. The van der Waals surface area contributed by atoms with Gasteiger partial charge in [0.25, 0.3) is 5.89 Å². The predicted molar refractivity (Wildman–Crippen MR) is 70.6 cm³/mol. The van der Waals surface area contributed by atoms with E-state index in [1.165, 1.54) is 18.2 Å². The molecule has 5 nitrogen and oxygen atoms in total. The maximum absolute atomic E-state index is 13.7. The van der Waals surface area contributed by atoms with Crippen LogP contribution < -0.4 is 0 Å². The van der Waals surface area contributed by atoms with E-state index in [1.807, 2.05) is 20.8 Å². The summed E-state index contributed by atoms with van der Waals surface area (Å²) in [5.74, 6) is -0.616. The third kappa shape index (κ3) is 2.65. The van der Waals surface area contributed by atoms with Gasteiger partial charge >= 0.3 is 0 Å². The molecule has 108 valence electrons. The molecule has 1 unspecified atom stereocenters. The second-order valence-electron chi connectivity index (χ2n) is 5.57. The molecule has 1 N–H and O–H groups in total. The molecule has 2 rings (SSSR count). The zero-order valence-corrected chi connectivity index (χ0v) is 11.8. The highest BCUT2D eigenvalue weighted by Crippen LogP contribution is 2.36. The molecular weight excluding hydrogens is 263 g/mol. The highest BCUT2D eigenvalue weighted by atomic mass is 19.1. The molecule has 0 saturated heterocycles. The van der Waals surface area contributed by atoms with Gasteiger partial charge in [-0.15, -0.1) is 0 Å². The molecule has 1 heterocycles. The minimum absolute atomic E-state index is 0.0677. The molecule has 20 heavy (non-hydrogen) atoms. The van der Waals surface area contributed by atoms with E-state index in [9.17, 15) is 9.50 Å². The number of phenolic OH excluding ortho intramolecular Hbond substituents is 1. The van der Waals surface area contributed by atoms with Crippen molar-refractivity contribution in [2.24, 2.45) is 5.41 Å². The van der Waals surface area contributed by atoms with Crippen molar-refractivity contribution >= 4 is 0 Å². The van der Waals surface area contributed by atoms with Gasteiger partial charge in [0.1, 0.15) is 23.2 Å². The summed E-state index contributed by atoms with van der Waals surface area (Å²) in [5, 5.41) is 13.5. The molecule has 0 bridgehead atoms. The maximum atomic E-state index is 13.7. The van der Waals surface area contributed by atoms with E-state index in [1.54, 1.807) is 7.11 Å². The number of aromatic hydroxyl groups is 1. The number of hydrogen-bond acceptors (Lipinski definition) is 5. The molecule has 0 radical (unpaired) electrons. The lowest BCUT2D eigenvalue weighted by Gasteiger charge is -2.26. The fourth-order valence-electron chi connectivity index (χ4n) is 2.01. The third-order valence-corrected chi connectivity index (χ3v) is 2.90. The van der Waals surface area contributed by atoms with Gasteiger partial charge in [0, 0.05) is 7.11 Å². The van der Waals surface area contributed by atoms with Crippen LogP contribution in [0.25, 0.3) is 11.5 Å². The molecule has 2 aromatic rings. The average molecular weight is 280 g/mol. The molecule has 6 heteroatoms. The molecule has 0 fully saturated rings. The Morgan fingerprint density at radius 3 is 2.60 bits per heavy atom. The minimum atomic E-state index is -0.620. The lowest BCUT2D eigenvalue weighted by molar-refractivity contribution is 0.00718. The first-order valence-electron chi connectivity index (χ1n) is 6.19. The van der Waals surface area contributed by atoms with Crippen LogP contribution in [0, 0.1) is 11.2 Å². The molecular formula is C14H17FN2O3. The highest BCUT2D eigenvalue weighted by molar-refractivity contribution is 5.62. The molecule has 0 amide bonds. The predicted octanol–water partition coefficient (Wildman–Crippen LogP) is 3.31. The molecule has 1 atom stereocenters. The second-order valence-corrected chi connectivity index (χ2v) is 5.57. The number of nitrogens with zero attached hydrogens (tertiary/aromatic N) is 2. The summed E-state index contributed by atoms with van der Waals surface area (Å²) >= 11 is 0. The van der Waals surface area contributed by atoms with Crippen LogP contribution in [-0.2, 0) is 4.74 Å². The van der Waals surface area contributed by atoms with Gasteiger partial charge in [0.2, 0.25) is 5.82 Å². The van der Waals surface area contributed by atoms with Crippen LogP contribution in [0.15, 0.2) is 22.7 Å². The van der Waals surface area contributed by atoms with Gasteiger partial charge in [0.05, 0.1) is 0 Å². The van der Waals surface area contributed by atoms with Gasteiger partial charge in [-0.25, -0.2) is 4.39 Å². The van der Waals surface area contributed by atoms with E-state index in [4.69, 9.17) is 9.26 Å². The number of methoxy groups -OCH3 is 1. The Balaban J connectivity index is 2.43. The van der Waals surface area contributed by atoms with E-state index < -0.39 is 11.9 Å². The Hall–Kier alpha value is -1.95. The van der Waals surface area contributed by atoms with Gasteiger partial charge in [-0.1, -0.05) is 32.0 Å². The van der Waals surface area contributed by atoms with Crippen LogP contribution in [-0.4, -0.2) is 22.4 Å². The first kappa shape index (κ1) is 14.5. The summed E-state index contributed by atoms with van der Waals surface area (Å²) in [6.45, 7) is 5.91. The third-order valence-electron chi connectivity index (χ3n) is 2.90. The SMILES string of the molecule is COC(c1noc(-c2c(O)cccc2F)n1)C(C)(C)C. The first-order chi connectivity index (χ1) is 9.34. The van der Waals surface area contributed by atoms with Gasteiger partial charge in [-0.2, -0.15) is 4.98 Å². The summed E-state index contributed by atoms with van der Waals surface area (Å²) in [6.07, 6.45) is -0.395. The fourth-order valence-corrected chi connectivity index (χ4v) is 2.01. The summed E-state index contributed by atoms with van der Waals surface area (Å²) in [7, 11) is 1.55. The molecule has 0 aliphatic rings. The van der Waals surface area contributed by atoms with Crippen molar-refractivity contribution in [3.8, 4) is 17.2 Å². The lowest BCUT2D eigenvalue weighted by atomic mass is 9.88. The van der Waals surface area contributed by atoms with Crippen molar-refractivity contribution in [2.45, 2.75) is 26.9 Å². The highest BCUT2D eigenvalue weighted by Gasteiger charge is 2.31. The first-order valence-corrected chi connectivity index (χ1v) is 6.19. The van der Waals surface area contributed by atoms with Crippen LogP contribution in [0.4, 0.5) is 4.39 Å². The van der Waals surface area contributed by atoms with Crippen molar-refractivity contribution in [2.75, 3.05) is 7.11 Å². The Morgan fingerprint density at radius 2 is 2.05 bits per heavy atom. The molecule has 0 spiro atoms. The van der Waals surface area contributed by atoms with Gasteiger partial charge in [0.15, 0.2) is 0 Å². The van der Waals surface area contributed by atoms with Crippen LogP contribution in [0.3, 0.4) is 0 Å². The Bertz CT molecular complexity index is 584. The van der Waals surface area contributed by atoms with Crippen LogP contribution in [0.5, 0.6) is 5.75 Å². The van der Waals surface area contributed by atoms with Gasteiger partial charge in [-0.3, -0.25) is 0 Å². The van der Waals surface area contributed by atoms with Crippen molar-refractivity contribution in [3.05, 3.63) is 29.8 Å². The van der Waals surface area contributed by atoms with E-state index in [2.05, 4.69) is 10.1 Å². The normalized spacial score (nSPS) is 13.4. The summed E-state index contributed by atoms with van der Waals surface area (Å²) in [6, 6.07) is 3.98. The van der Waals surface area contributed by atoms with E-state index in [-0.39, 0.29) is 22.6 Å². The number of rotatable bonds is 3. The topological polar surface area (TPSA) is 68.4 Å². The standard InChI is InChI=1S/C14H17FN2O3/c1-14(2,3)11(19-4)12-16-13(20-17-12)10-8(15)6-5-7-9(10)18/h5-7,11,18H,1-4H3. The smallest absolute Gasteiger partial charge is 0.264 e. The number of aromatic nitrogens is 2. The fraction of sp³-hybridized carbons (Fsp3) is 0.429. The summed E-state index contributed by atoms with van der Waals surface area (Å²) < 4.78 is 24.2. The van der Waals surface area contributed by atoms with Crippen molar-refractivity contribution < 1.29 is 18.8 Å². The van der Waals surface area contributed by atoms with E-state index >= 15 is 0 Å². The molecule has 1 aromatic carbocycles. The molecule has 0 aliphatic heterocycles. The number of phenols is 1. The number of ether oxygens (including phenoxy) is 1. The zero-order chi connectivity index (χ0) is 14.9. The Labute approximate surface area is 116 Å². The van der Waals surface area contributed by atoms with E-state index in [0.717, 1.165) is 0 Å². The van der Waals surface area contributed by atoms with Gasteiger partial charge in [-0.05, 0) is 17.5 Å². The molecule has 1 aromatic heterocycles. The van der Waals surface area contributed by atoms with Crippen molar-refractivity contribution in [3.63, 3.8) is 0 Å². The number of benzene rings is 1. The number of halogens is 1. The average Bonchev–Trinajstić information content (AvgIpc) is 2.77. The van der Waals surface area contributed by atoms with Crippen molar-refractivity contribution in [1.82, 2.24) is 10.1 Å². The minimum Gasteiger partial charge on any atom is -0.507 e. The van der Waals surface area contributed by atoms with Crippen LogP contribution in [0.2, 0.25) is 0 Å². The van der Waals surface area contributed by atoms with Gasteiger partial charge < -0.3 is 14.4 Å². The molecule has 0 aliphatic carbocycles. The number of hydrogen-bond donors (Lipinski definition) is 1. The zero-order valence-electron chi connectivity index (χ0n) is 11.8. The largest absolute Gasteiger partial charge is 0.507 e. The van der Waals surface area contributed by atoms with E-state index in [0.29, 0.717) is 5.82 Å². The monoisotopic (exact) mass is 280 g/mol. The van der Waals surface area contributed by atoms with Crippen LogP contribution in [0.1, 0.15) is 32.7 Å². The Kier molecular flexibility index (Phi) is 3.76. The summed E-state index contributed by atoms with van der Waals surface area (Å²) in [4.78, 5) is 4.14. The molecule has 0 saturated carbocycles. The lowest BCUT2D eigenvalue weighted by Crippen LogP contribution is -2.21. The summed E-state index contributed by atoms with van der Waals surface area (Å²) in [5.41, 5.74) is -0.345. The van der Waals surface area contributed by atoms with Crippen molar-refractivity contribution in [1.29, 1.82) is 0 Å².